The Balaban J connectivity index is 0.000000258. The van der Waals surface area contributed by atoms with E-state index >= 15 is 0 Å². The predicted octanol–water partition coefficient (Wildman–Crippen LogP) is 8.37. The molecule has 0 aliphatic heterocycles. The molecular formula is C33H34F3N3O3. The van der Waals surface area contributed by atoms with Crippen LogP contribution >= 0.6 is 0 Å². The number of rotatable bonds is 9. The summed E-state index contributed by atoms with van der Waals surface area (Å²) >= 11 is 0. The molecule has 0 fully saturated rings. The monoisotopic (exact) mass is 577 g/mol. The molecule has 0 amide bonds. The Morgan fingerprint density at radius 2 is 1.62 bits per heavy atom. The summed E-state index contributed by atoms with van der Waals surface area (Å²) in [6, 6.07) is 20.7. The minimum atomic E-state index is -3.34. The lowest BCUT2D eigenvalue weighted by atomic mass is 9.95. The number of Topliss-reactive ketones (excluding diaryl/α,β-unsaturated/α-hetero) is 1. The summed E-state index contributed by atoms with van der Waals surface area (Å²) in [4.78, 5) is 11.0. The van der Waals surface area contributed by atoms with E-state index in [-0.39, 0.29) is 35.1 Å². The van der Waals surface area contributed by atoms with Gasteiger partial charge in [-0.3, -0.25) is 0 Å². The normalized spacial score (nSPS) is 11.3. The molecule has 1 heterocycles. The maximum Gasteiger partial charge on any atom is 0.274 e. The van der Waals surface area contributed by atoms with Crippen LogP contribution in [0.4, 0.5) is 13.2 Å². The van der Waals surface area contributed by atoms with Gasteiger partial charge in [-0.2, -0.15) is 5.26 Å². The smallest absolute Gasteiger partial charge is 0.274 e. The number of methoxy groups -OCH3 is 1. The zero-order valence-electron chi connectivity index (χ0n) is 24.6. The van der Waals surface area contributed by atoms with E-state index in [0.717, 1.165) is 18.2 Å². The van der Waals surface area contributed by atoms with Crippen molar-refractivity contribution in [1.82, 2.24) is 10.2 Å². The lowest BCUT2D eigenvalue weighted by Crippen LogP contribution is -2.17. The van der Waals surface area contributed by atoms with Crippen molar-refractivity contribution in [2.24, 2.45) is 0 Å². The number of ether oxygens (including phenoxy) is 1. The van der Waals surface area contributed by atoms with E-state index < -0.39 is 29.1 Å². The first-order chi connectivity index (χ1) is 19.8. The van der Waals surface area contributed by atoms with Gasteiger partial charge in [0.25, 0.3) is 11.8 Å². The lowest BCUT2D eigenvalue weighted by Gasteiger charge is -2.19. The zero-order chi connectivity index (χ0) is 31.1. The maximum absolute atomic E-state index is 14.4. The van der Waals surface area contributed by atoms with Crippen molar-refractivity contribution in [1.29, 1.82) is 5.26 Å². The second-order valence-electron chi connectivity index (χ2n) is 10.5. The van der Waals surface area contributed by atoms with E-state index in [4.69, 9.17) is 14.4 Å². The third-order valence-electron chi connectivity index (χ3n) is 6.75. The van der Waals surface area contributed by atoms with Gasteiger partial charge in [0.1, 0.15) is 22.8 Å². The molecule has 0 aliphatic rings. The molecule has 1 aromatic heterocycles. The van der Waals surface area contributed by atoms with Crippen molar-refractivity contribution in [3.63, 3.8) is 0 Å². The Labute approximate surface area is 244 Å². The number of nitriles is 1. The van der Waals surface area contributed by atoms with Gasteiger partial charge in [0.2, 0.25) is 5.89 Å². The fourth-order valence-corrected chi connectivity index (χ4v) is 4.06. The van der Waals surface area contributed by atoms with E-state index in [9.17, 15) is 18.0 Å². The summed E-state index contributed by atoms with van der Waals surface area (Å²) in [7, 11) is 1.69. The minimum absolute atomic E-state index is 0.00270. The SMILES string of the molecule is CC(=O)CCC(F)(F)c1cc(F)c(-c2nnc(C(C)(C)C#N)o2)cc1C.CCc1ccc(-c2ccc(OC)cc2)cc1. The van der Waals surface area contributed by atoms with Crippen LogP contribution in [0.1, 0.15) is 63.1 Å². The Morgan fingerprint density at radius 1 is 1.02 bits per heavy atom. The van der Waals surface area contributed by atoms with E-state index in [0.29, 0.717) is 0 Å². The number of carbonyl (C=O) groups is 1. The van der Waals surface area contributed by atoms with Gasteiger partial charge in [-0.05, 0) is 80.6 Å². The summed E-state index contributed by atoms with van der Waals surface area (Å²) in [5.74, 6) is -3.94. The maximum atomic E-state index is 14.4. The first-order valence-electron chi connectivity index (χ1n) is 13.5. The van der Waals surface area contributed by atoms with Gasteiger partial charge < -0.3 is 13.9 Å². The summed E-state index contributed by atoms with van der Waals surface area (Å²) in [5.41, 5.74) is 2.31. The molecule has 3 aromatic carbocycles. The number of ketones is 1. The highest BCUT2D eigenvalue weighted by Gasteiger charge is 2.35. The van der Waals surface area contributed by atoms with Gasteiger partial charge in [-0.15, -0.1) is 10.2 Å². The summed E-state index contributed by atoms with van der Waals surface area (Å²) < 4.78 is 53.5. The molecular weight excluding hydrogens is 543 g/mol. The molecule has 4 rings (SSSR count). The lowest BCUT2D eigenvalue weighted by molar-refractivity contribution is -0.119. The second kappa shape index (κ2) is 13.5. The van der Waals surface area contributed by atoms with Crippen LogP contribution in [0.3, 0.4) is 0 Å². The van der Waals surface area contributed by atoms with E-state index in [2.05, 4.69) is 53.5 Å². The standard InChI is InChI=1S/C18H18F3N3O2.C15H16O/c1-10-7-12(15-23-24-16(26-15)17(3,4)9-22)14(19)8-13(10)18(20,21)6-5-11(2)25;1-3-12-4-6-13(7-5-12)14-8-10-15(16-2)11-9-14/h7-8H,5-6H2,1-4H3;4-11H,3H2,1-2H3. The van der Waals surface area contributed by atoms with Crippen molar-refractivity contribution in [2.75, 3.05) is 7.11 Å². The zero-order valence-corrected chi connectivity index (χ0v) is 24.6. The van der Waals surface area contributed by atoms with Crippen molar-refractivity contribution < 1.29 is 27.1 Å². The van der Waals surface area contributed by atoms with Gasteiger partial charge in [0.05, 0.1) is 18.7 Å². The number of aryl methyl sites for hydroxylation is 2. The van der Waals surface area contributed by atoms with Crippen molar-refractivity contribution in [3.05, 3.63) is 89.1 Å². The summed E-state index contributed by atoms with van der Waals surface area (Å²) in [6.07, 6.45) is 0.0952. The Hall–Kier alpha value is -4.45. The Bertz CT molecular complexity index is 1510. The van der Waals surface area contributed by atoms with Crippen LogP contribution in [-0.2, 0) is 22.6 Å². The van der Waals surface area contributed by atoms with Crippen LogP contribution in [0.2, 0.25) is 0 Å². The van der Waals surface area contributed by atoms with Crippen molar-refractivity contribution in [2.45, 2.75) is 65.2 Å². The molecule has 0 unspecified atom stereocenters. The van der Waals surface area contributed by atoms with Crippen LogP contribution in [0.15, 0.2) is 65.1 Å². The second-order valence-corrected chi connectivity index (χ2v) is 10.5. The molecule has 0 saturated carbocycles. The molecule has 42 heavy (non-hydrogen) atoms. The predicted molar refractivity (Wildman–Crippen MR) is 155 cm³/mol. The number of carbonyl (C=O) groups excluding carboxylic acids is 1. The Kier molecular flexibility index (Phi) is 10.3. The number of benzene rings is 3. The molecule has 220 valence electrons. The van der Waals surface area contributed by atoms with Crippen LogP contribution in [0.25, 0.3) is 22.6 Å². The van der Waals surface area contributed by atoms with Gasteiger partial charge in [0, 0.05) is 18.4 Å². The molecule has 9 heteroatoms. The van der Waals surface area contributed by atoms with Crippen molar-refractivity contribution >= 4 is 5.78 Å². The summed E-state index contributed by atoms with van der Waals surface area (Å²) in [6.45, 7) is 7.93. The molecule has 0 radical (unpaired) electrons. The Morgan fingerprint density at radius 3 is 2.14 bits per heavy atom. The molecule has 0 bridgehead atoms. The topological polar surface area (TPSA) is 89.0 Å². The van der Waals surface area contributed by atoms with Gasteiger partial charge in [0.15, 0.2) is 0 Å². The first kappa shape index (κ1) is 32.1. The third kappa shape index (κ3) is 7.84. The molecule has 6 nitrogen and oxygen atoms in total. The van der Waals surface area contributed by atoms with Gasteiger partial charge in [-0.25, -0.2) is 13.2 Å². The molecule has 0 spiro atoms. The van der Waals surface area contributed by atoms with Gasteiger partial charge >= 0.3 is 0 Å². The van der Waals surface area contributed by atoms with Crippen LogP contribution in [-0.4, -0.2) is 23.1 Å². The molecule has 0 atom stereocenters. The van der Waals surface area contributed by atoms with E-state index in [1.807, 2.05) is 18.2 Å². The fourth-order valence-electron chi connectivity index (χ4n) is 4.06. The number of hydrogen-bond acceptors (Lipinski definition) is 6. The molecule has 0 N–H and O–H groups in total. The van der Waals surface area contributed by atoms with Crippen LogP contribution in [0.5, 0.6) is 5.75 Å². The average Bonchev–Trinajstić information content (AvgIpc) is 3.49. The minimum Gasteiger partial charge on any atom is -0.497 e. The van der Waals surface area contributed by atoms with Gasteiger partial charge in [-0.1, -0.05) is 43.3 Å². The highest BCUT2D eigenvalue weighted by molar-refractivity contribution is 5.75. The molecule has 0 aliphatic carbocycles. The third-order valence-corrected chi connectivity index (χ3v) is 6.75. The molecule has 4 aromatic rings. The number of alkyl halides is 2. The number of aromatic nitrogens is 2. The first-order valence-corrected chi connectivity index (χ1v) is 13.5. The van der Waals surface area contributed by atoms with Crippen molar-refractivity contribution in [3.8, 4) is 34.4 Å². The molecule has 0 saturated heterocycles. The quantitative estimate of drug-likeness (QED) is 0.199. The highest BCUT2D eigenvalue weighted by Crippen LogP contribution is 2.38. The largest absolute Gasteiger partial charge is 0.497 e. The average molecular weight is 578 g/mol. The van der Waals surface area contributed by atoms with Crippen LogP contribution < -0.4 is 4.74 Å². The van der Waals surface area contributed by atoms with Crippen LogP contribution in [0, 0.1) is 24.1 Å². The highest BCUT2D eigenvalue weighted by atomic mass is 19.3. The number of halogens is 3. The van der Waals surface area contributed by atoms with E-state index in [1.54, 1.807) is 21.0 Å². The number of nitrogens with zero attached hydrogens (tertiary/aromatic N) is 3. The number of hydrogen-bond donors (Lipinski definition) is 0. The fraction of sp³-hybridized carbons (Fsp3) is 0.333. The summed E-state index contributed by atoms with van der Waals surface area (Å²) in [5, 5.41) is 16.5. The van der Waals surface area contributed by atoms with E-state index in [1.165, 1.54) is 36.6 Å².